The zero-order valence-electron chi connectivity index (χ0n) is 84.1. The molecule has 0 bridgehead atoms. The summed E-state index contributed by atoms with van der Waals surface area (Å²) in [7, 11) is 0. The molecule has 0 spiro atoms. The molecule has 3 aromatic carbocycles. The van der Waals surface area contributed by atoms with Gasteiger partial charge >= 0.3 is 41.2 Å². The van der Waals surface area contributed by atoms with E-state index in [0.717, 1.165) is 22.3 Å². The van der Waals surface area contributed by atoms with Crippen molar-refractivity contribution in [3.63, 3.8) is 0 Å². The summed E-state index contributed by atoms with van der Waals surface area (Å²) >= 11 is 0. The van der Waals surface area contributed by atoms with Gasteiger partial charge in [0.1, 0.15) is 46.6 Å². The highest BCUT2D eigenvalue weighted by molar-refractivity contribution is 5.82. The third-order valence-electron chi connectivity index (χ3n) is 23.4. The van der Waals surface area contributed by atoms with Gasteiger partial charge in [-0.2, -0.15) is 23.1 Å². The van der Waals surface area contributed by atoms with Crippen LogP contribution < -0.4 is 42.4 Å². The van der Waals surface area contributed by atoms with Gasteiger partial charge in [-0.05, 0) is 213 Å². The Bertz CT molecular complexity index is 6310. The maximum absolute atomic E-state index is 14.6. The molecule has 0 fully saturated rings. The van der Waals surface area contributed by atoms with E-state index >= 15 is 0 Å². The predicted octanol–water partition coefficient (Wildman–Crippen LogP) is 13.7. The van der Waals surface area contributed by atoms with Gasteiger partial charge in [-0.3, -0.25) is 18.5 Å². The van der Waals surface area contributed by atoms with Crippen LogP contribution >= 0.6 is 0 Å². The summed E-state index contributed by atoms with van der Waals surface area (Å²) in [6.45, 7) is 37.8. The second-order valence-electron chi connectivity index (χ2n) is 37.1. The second kappa shape index (κ2) is 49.5. The summed E-state index contributed by atoms with van der Waals surface area (Å²) in [6.07, 6.45) is 4.87. The summed E-state index contributed by atoms with van der Waals surface area (Å²) < 4.78 is 106. The topological polar surface area (TPSA) is 365 Å². The van der Waals surface area contributed by atoms with Gasteiger partial charge in [0.15, 0.2) is 16.9 Å². The summed E-state index contributed by atoms with van der Waals surface area (Å²) in [6, 6.07) is 30.9. The fourth-order valence-electron chi connectivity index (χ4n) is 16.4. The lowest BCUT2D eigenvalue weighted by molar-refractivity contribution is -0.160. The number of nitrogens with zero attached hydrogens (tertiary/aromatic N) is 18. The molecule has 12 aromatic rings. The molecule has 1 unspecified atom stereocenters. The molecule has 758 valence electrons. The molecule has 0 radical (unpaired) electrons. The number of hydrogen-bond acceptors (Lipinski definition) is 29. The normalized spacial score (nSPS) is 13.0. The first-order chi connectivity index (χ1) is 67.5. The number of pyridine rings is 3. The monoisotopic (exact) mass is 1950 g/mol. The molecule has 0 saturated heterocycles. The standard InChI is InChI=1S/C103H135F3N20O15/c1-18-72-64-110-95(119(22-5)23-6)116-86(72)113-81(92(128)140-101(12,13)14)60-70-34-40-77(41-35-70)125-89-84(30-27-45-108-89)122(98(125)131)48-51-134-54-56-137-68-79(138-58-57-135-52-49-123-85-31-28-46-109-90(85)126(99(123)132)78-42-36-71(37-43-78)61-82(93(129)141-102(15,16)17)114-87-73(19-2)65-111-96(117-87)120(24-7)25-8)67-136-55-53-133-50-47-121-83-29-26-44-107-88(83)124(97(121)130)76-38-32-69(33-39-76)59-74(91(127)139-100(9,10)11)62-80-75(63-103(104,105)106)66-112-94(115-80)118(20-3)21-4/h26-46,64-66,74,79,81-82H,18-25,47-63,67-68H2,1-17H3,(H,110,113,116)(H,111,114,117)/t74-,79?,81+,82+/m1/s1. The number of fused-ring (bicyclic) bond motifs is 3. The van der Waals surface area contributed by atoms with E-state index in [-0.39, 0.29) is 147 Å². The highest BCUT2D eigenvalue weighted by atomic mass is 19.4. The first-order valence-corrected chi connectivity index (χ1v) is 48.6. The number of ether oxygens (including phenoxy) is 9. The molecule has 4 atom stereocenters. The number of aryl methyl sites for hydroxylation is 2. The minimum atomic E-state index is -4.56. The van der Waals surface area contributed by atoms with Crippen molar-refractivity contribution in [1.82, 2.24) is 72.3 Å². The lowest BCUT2D eigenvalue weighted by Gasteiger charge is -2.26. The van der Waals surface area contributed by atoms with Crippen molar-refractivity contribution in [1.29, 1.82) is 0 Å². The highest BCUT2D eigenvalue weighted by Crippen LogP contribution is 2.32. The lowest BCUT2D eigenvalue weighted by Crippen LogP contribution is -2.38. The molecule has 0 aliphatic heterocycles. The largest absolute Gasteiger partial charge is 0.460 e. The molecule has 9 aromatic heterocycles. The van der Waals surface area contributed by atoms with E-state index in [9.17, 15) is 41.9 Å². The van der Waals surface area contributed by atoms with Crippen LogP contribution in [0.3, 0.4) is 0 Å². The Kier molecular flexibility index (Phi) is 37.5. The summed E-state index contributed by atoms with van der Waals surface area (Å²) in [5, 5.41) is 6.83. The zero-order valence-corrected chi connectivity index (χ0v) is 84.1. The molecular formula is C103H135F3N20O15. The van der Waals surface area contributed by atoms with E-state index in [2.05, 4.69) is 45.5 Å². The van der Waals surface area contributed by atoms with Crippen molar-refractivity contribution in [2.45, 2.75) is 223 Å². The van der Waals surface area contributed by atoms with E-state index in [1.807, 2.05) is 172 Å². The summed E-state index contributed by atoms with van der Waals surface area (Å²) in [4.78, 5) is 133. The van der Waals surface area contributed by atoms with Gasteiger partial charge in [-0.25, -0.2) is 72.6 Å². The maximum Gasteiger partial charge on any atom is 0.393 e. The summed E-state index contributed by atoms with van der Waals surface area (Å²) in [5.74, 6) is 0.0454. The first-order valence-electron chi connectivity index (χ1n) is 48.6. The molecule has 12 rings (SSSR count). The molecule has 141 heavy (non-hydrogen) atoms. The number of anilines is 5. The van der Waals surface area contributed by atoms with E-state index in [0.29, 0.717) is 132 Å². The highest BCUT2D eigenvalue weighted by Gasteiger charge is 2.36. The van der Waals surface area contributed by atoms with Crippen LogP contribution in [0.15, 0.2) is 161 Å². The molecule has 2 N–H and O–H groups in total. The smallest absolute Gasteiger partial charge is 0.393 e. The number of imidazole rings is 3. The van der Waals surface area contributed by atoms with Gasteiger partial charge in [-0.15, -0.1) is 0 Å². The third kappa shape index (κ3) is 29.0. The van der Waals surface area contributed by atoms with Gasteiger partial charge in [-0.1, -0.05) is 50.2 Å². The number of aromatic nitrogens is 15. The van der Waals surface area contributed by atoms with Crippen molar-refractivity contribution >= 4 is 80.9 Å². The Hall–Kier alpha value is -12.9. The average molecular weight is 1950 g/mol. The Labute approximate surface area is 819 Å². The van der Waals surface area contributed by atoms with Gasteiger partial charge in [0.25, 0.3) is 0 Å². The Morgan fingerprint density at radius 1 is 0.383 bits per heavy atom. The fourth-order valence-corrected chi connectivity index (χ4v) is 16.4. The Balaban J connectivity index is 0.686. The van der Waals surface area contributed by atoms with E-state index in [1.165, 1.54) is 10.8 Å². The van der Waals surface area contributed by atoms with E-state index in [4.69, 9.17) is 52.6 Å². The number of rotatable bonds is 53. The van der Waals surface area contributed by atoms with E-state index < -0.39 is 77.1 Å². The maximum atomic E-state index is 14.6. The minimum absolute atomic E-state index is 0.0758. The van der Waals surface area contributed by atoms with Crippen LogP contribution in [-0.2, 0) is 122 Å². The van der Waals surface area contributed by atoms with Crippen molar-refractivity contribution in [3.05, 3.63) is 217 Å². The minimum Gasteiger partial charge on any atom is -0.460 e. The number of hydrogen-bond donors (Lipinski definition) is 2. The molecule has 9 heterocycles. The quantitative estimate of drug-likeness (QED) is 0.0203. The molecule has 35 nitrogen and oxygen atoms in total. The molecule has 0 amide bonds. The van der Waals surface area contributed by atoms with Gasteiger partial charge in [0, 0.05) is 112 Å². The lowest BCUT2D eigenvalue weighted by atomic mass is 9.92. The molecule has 0 aliphatic rings. The number of benzene rings is 3. The van der Waals surface area contributed by atoms with E-state index in [1.54, 1.807) is 123 Å². The van der Waals surface area contributed by atoms with Crippen LogP contribution in [0.4, 0.5) is 42.7 Å². The molecule has 0 saturated carbocycles. The Morgan fingerprint density at radius 2 is 0.709 bits per heavy atom. The van der Waals surface area contributed by atoms with Crippen LogP contribution in [0.2, 0.25) is 0 Å². The van der Waals surface area contributed by atoms with Crippen molar-refractivity contribution in [2.24, 2.45) is 5.92 Å². The SMILES string of the molecule is CCc1cnc(N(CC)CC)nc1N[C@@H](Cc1ccc(-n2c(=O)n(CCOCCOCC(COCCOCCn3c(=O)n(-c4ccc(C[C@H](Cc5nc(N(CC)CC)ncc5CC(F)(F)F)C(=O)OC(C)(C)C)cc4)c4ncccc43)OCCOCCn3c(=O)n(-c4ccc(C[C@H](Nc5nc(N(CC)CC)ncc5CC)C(=O)OC(C)(C)C)cc4)c4ncccc43)c3cccnc32)cc1)C(=O)OC(C)(C)C. The van der Waals surface area contributed by atoms with Crippen molar-refractivity contribution in [2.75, 3.05) is 137 Å². The number of alkyl halides is 3. The number of carbonyl (C=O) groups excluding carboxylic acids is 3. The molecule has 38 heteroatoms. The fraction of sp³-hybridized carbons (Fsp3) is 0.505. The van der Waals surface area contributed by atoms with Crippen LogP contribution in [0.25, 0.3) is 50.6 Å². The number of esters is 3. The van der Waals surface area contributed by atoms with Gasteiger partial charge < -0.3 is 68.0 Å². The van der Waals surface area contributed by atoms with Gasteiger partial charge in [0.2, 0.25) is 17.8 Å². The summed E-state index contributed by atoms with van der Waals surface area (Å²) in [5.41, 5.74) is 5.11. The third-order valence-corrected chi connectivity index (χ3v) is 23.4. The number of carbonyl (C=O) groups is 3. The molecular weight excluding hydrogens is 1810 g/mol. The zero-order chi connectivity index (χ0) is 101. The van der Waals surface area contributed by atoms with Crippen LogP contribution in [-0.4, -0.2) is 243 Å². The van der Waals surface area contributed by atoms with Crippen LogP contribution in [0.1, 0.15) is 157 Å². The van der Waals surface area contributed by atoms with Crippen molar-refractivity contribution < 1.29 is 70.2 Å². The van der Waals surface area contributed by atoms with Crippen molar-refractivity contribution in [3.8, 4) is 17.1 Å². The number of nitrogens with one attached hydrogen (secondary N) is 2. The number of halogens is 3. The van der Waals surface area contributed by atoms with Crippen LogP contribution in [0, 0.1) is 5.92 Å². The van der Waals surface area contributed by atoms with Gasteiger partial charge in [0.05, 0.1) is 144 Å². The molecule has 0 aliphatic carbocycles. The Morgan fingerprint density at radius 3 is 1.05 bits per heavy atom. The van der Waals surface area contributed by atoms with Crippen LogP contribution in [0.5, 0.6) is 0 Å². The predicted molar refractivity (Wildman–Crippen MR) is 536 cm³/mol. The first kappa shape index (κ1) is 107. The average Bonchev–Trinajstić information content (AvgIpc) is 1.62. The second-order valence-corrected chi connectivity index (χ2v) is 37.1.